The van der Waals surface area contributed by atoms with Crippen LogP contribution in [-0.4, -0.2) is 38.7 Å². The molecule has 6 heteroatoms. The summed E-state index contributed by atoms with van der Waals surface area (Å²) >= 11 is 0. The lowest BCUT2D eigenvalue weighted by molar-refractivity contribution is -0.187. The van der Waals surface area contributed by atoms with E-state index in [9.17, 15) is 9.59 Å². The molecular formula is C15H22O6. The van der Waals surface area contributed by atoms with Gasteiger partial charge in [-0.05, 0) is 32.1 Å². The van der Waals surface area contributed by atoms with Gasteiger partial charge in [-0.25, -0.2) is 0 Å². The van der Waals surface area contributed by atoms with E-state index in [0.717, 1.165) is 6.42 Å². The molecule has 1 saturated carbocycles. The van der Waals surface area contributed by atoms with Crippen molar-refractivity contribution < 1.29 is 28.5 Å². The summed E-state index contributed by atoms with van der Waals surface area (Å²) in [5, 5.41) is 0. The van der Waals surface area contributed by atoms with E-state index in [-0.39, 0.29) is 11.8 Å². The molecule has 6 unspecified atom stereocenters. The molecule has 2 aliphatic carbocycles. The summed E-state index contributed by atoms with van der Waals surface area (Å²) in [5.74, 6) is -1.77. The largest absolute Gasteiger partial charge is 0.436 e. The third kappa shape index (κ3) is 3.27. The van der Waals surface area contributed by atoms with Gasteiger partial charge >= 0.3 is 11.9 Å². The van der Waals surface area contributed by atoms with E-state index in [1.54, 1.807) is 13.8 Å². The van der Waals surface area contributed by atoms with Crippen molar-refractivity contribution in [3.63, 3.8) is 0 Å². The summed E-state index contributed by atoms with van der Waals surface area (Å²) in [6.07, 6.45) is 3.49. The van der Waals surface area contributed by atoms with Crippen LogP contribution in [0.3, 0.4) is 0 Å². The maximum atomic E-state index is 12.3. The zero-order valence-electron chi connectivity index (χ0n) is 12.8. The molecule has 0 saturated heterocycles. The Morgan fingerprint density at radius 3 is 1.62 bits per heavy atom. The zero-order valence-corrected chi connectivity index (χ0v) is 12.8. The molecule has 2 bridgehead atoms. The van der Waals surface area contributed by atoms with Crippen LogP contribution in [0.4, 0.5) is 0 Å². The Morgan fingerprint density at radius 1 is 0.905 bits per heavy atom. The van der Waals surface area contributed by atoms with Gasteiger partial charge in [-0.15, -0.1) is 0 Å². The molecule has 0 amide bonds. The average Bonchev–Trinajstić information content (AvgIpc) is 3.07. The second-order valence-corrected chi connectivity index (χ2v) is 5.48. The summed E-state index contributed by atoms with van der Waals surface area (Å²) in [5.41, 5.74) is 0. The topological polar surface area (TPSA) is 71.1 Å². The van der Waals surface area contributed by atoms with Crippen LogP contribution < -0.4 is 0 Å². The Kier molecular flexibility index (Phi) is 5.00. The molecule has 0 heterocycles. The normalized spacial score (nSPS) is 32.8. The van der Waals surface area contributed by atoms with Crippen molar-refractivity contribution >= 4 is 11.9 Å². The number of carbonyl (C=O) groups excluding carboxylic acids is 2. The van der Waals surface area contributed by atoms with Crippen molar-refractivity contribution in [2.75, 3.05) is 14.2 Å². The minimum Gasteiger partial charge on any atom is -0.436 e. The highest BCUT2D eigenvalue weighted by Gasteiger charge is 2.53. The number of esters is 2. The molecule has 0 radical (unpaired) electrons. The Bertz CT molecular complexity index is 394. The predicted molar refractivity (Wildman–Crippen MR) is 72.8 cm³/mol. The second kappa shape index (κ2) is 6.58. The summed E-state index contributed by atoms with van der Waals surface area (Å²) in [6.45, 7) is 3.28. The lowest BCUT2D eigenvalue weighted by atomic mass is 9.83. The highest BCUT2D eigenvalue weighted by Crippen LogP contribution is 2.49. The molecule has 6 atom stereocenters. The molecule has 2 aliphatic rings. The van der Waals surface area contributed by atoms with Crippen LogP contribution >= 0.6 is 0 Å². The first kappa shape index (κ1) is 16.0. The fourth-order valence-electron chi connectivity index (χ4n) is 3.05. The standard InChI is InChI=1S/C15H22O6/c1-8(18-3)20-14(16)12-10-5-6-11(7-10)13(12)15(17)21-9(2)19-4/h5-6,8-13H,7H2,1-4H3. The maximum absolute atomic E-state index is 12.3. The average molecular weight is 298 g/mol. The highest BCUT2D eigenvalue weighted by atomic mass is 16.7. The number of allylic oxidation sites excluding steroid dienone is 2. The molecule has 6 nitrogen and oxygen atoms in total. The van der Waals surface area contributed by atoms with Gasteiger partial charge in [0.15, 0.2) is 12.6 Å². The Labute approximate surface area is 124 Å². The summed E-state index contributed by atoms with van der Waals surface area (Å²) in [4.78, 5) is 24.6. The van der Waals surface area contributed by atoms with Gasteiger partial charge in [0.2, 0.25) is 0 Å². The van der Waals surface area contributed by atoms with E-state index in [4.69, 9.17) is 18.9 Å². The van der Waals surface area contributed by atoms with E-state index >= 15 is 0 Å². The van der Waals surface area contributed by atoms with Gasteiger partial charge in [0.25, 0.3) is 0 Å². The van der Waals surface area contributed by atoms with Crippen molar-refractivity contribution in [1.29, 1.82) is 0 Å². The van der Waals surface area contributed by atoms with Crippen LogP contribution in [0.25, 0.3) is 0 Å². The fourth-order valence-corrected chi connectivity index (χ4v) is 3.05. The van der Waals surface area contributed by atoms with Gasteiger partial charge in [0.1, 0.15) is 0 Å². The molecule has 21 heavy (non-hydrogen) atoms. The van der Waals surface area contributed by atoms with E-state index < -0.39 is 36.4 Å². The van der Waals surface area contributed by atoms with Gasteiger partial charge in [0.05, 0.1) is 11.8 Å². The lowest BCUT2D eigenvalue weighted by Gasteiger charge is -2.26. The monoisotopic (exact) mass is 298 g/mol. The van der Waals surface area contributed by atoms with E-state index in [1.165, 1.54) is 14.2 Å². The van der Waals surface area contributed by atoms with Crippen LogP contribution in [0.15, 0.2) is 12.2 Å². The first-order chi connectivity index (χ1) is 9.97. The molecule has 0 aromatic rings. The third-order valence-electron chi connectivity index (χ3n) is 4.23. The number of fused-ring (bicyclic) bond motifs is 2. The molecule has 1 fully saturated rings. The summed E-state index contributed by atoms with van der Waals surface area (Å²) in [7, 11) is 2.93. The third-order valence-corrected chi connectivity index (χ3v) is 4.23. The Morgan fingerprint density at radius 2 is 1.29 bits per heavy atom. The number of methoxy groups -OCH3 is 2. The van der Waals surface area contributed by atoms with Crippen LogP contribution in [0.2, 0.25) is 0 Å². The smallest absolute Gasteiger partial charge is 0.312 e. The van der Waals surface area contributed by atoms with E-state index in [2.05, 4.69) is 0 Å². The molecular weight excluding hydrogens is 276 g/mol. The SMILES string of the molecule is COC(C)OC(=O)C1C2C=CC(C2)C1C(=O)OC(C)OC. The number of carbonyl (C=O) groups is 2. The van der Waals surface area contributed by atoms with Crippen LogP contribution in [0.1, 0.15) is 20.3 Å². The Hall–Kier alpha value is -1.40. The molecule has 2 rings (SSSR count). The van der Waals surface area contributed by atoms with Crippen LogP contribution in [0.5, 0.6) is 0 Å². The number of hydrogen-bond acceptors (Lipinski definition) is 6. The molecule has 0 N–H and O–H groups in total. The minimum absolute atomic E-state index is 0.0296. The van der Waals surface area contributed by atoms with Crippen molar-refractivity contribution in [3.05, 3.63) is 12.2 Å². The molecule has 0 spiro atoms. The molecule has 0 aromatic carbocycles. The van der Waals surface area contributed by atoms with Gasteiger partial charge < -0.3 is 18.9 Å². The maximum Gasteiger partial charge on any atom is 0.312 e. The second-order valence-electron chi connectivity index (χ2n) is 5.48. The van der Waals surface area contributed by atoms with Crippen molar-refractivity contribution in [2.45, 2.75) is 32.8 Å². The predicted octanol–water partition coefficient (Wildman–Crippen LogP) is 1.50. The number of rotatable bonds is 6. The zero-order chi connectivity index (χ0) is 15.6. The van der Waals surface area contributed by atoms with Crippen LogP contribution in [-0.2, 0) is 28.5 Å². The first-order valence-corrected chi connectivity index (χ1v) is 7.12. The van der Waals surface area contributed by atoms with Crippen molar-refractivity contribution in [1.82, 2.24) is 0 Å². The van der Waals surface area contributed by atoms with E-state index in [0.29, 0.717) is 0 Å². The number of ether oxygens (including phenoxy) is 4. The van der Waals surface area contributed by atoms with Crippen molar-refractivity contribution in [3.8, 4) is 0 Å². The Balaban J connectivity index is 2.09. The van der Waals surface area contributed by atoms with Gasteiger partial charge in [-0.1, -0.05) is 12.2 Å². The highest BCUT2D eigenvalue weighted by molar-refractivity contribution is 5.84. The molecule has 0 aliphatic heterocycles. The fraction of sp³-hybridized carbons (Fsp3) is 0.733. The molecule has 0 aromatic heterocycles. The van der Waals surface area contributed by atoms with Gasteiger partial charge in [-0.2, -0.15) is 0 Å². The lowest BCUT2D eigenvalue weighted by Crippen LogP contribution is -2.38. The minimum atomic E-state index is -0.629. The van der Waals surface area contributed by atoms with E-state index in [1.807, 2.05) is 12.2 Å². The number of hydrogen-bond donors (Lipinski definition) is 0. The van der Waals surface area contributed by atoms with Crippen molar-refractivity contribution in [2.24, 2.45) is 23.7 Å². The summed E-state index contributed by atoms with van der Waals surface area (Å²) in [6, 6.07) is 0. The first-order valence-electron chi connectivity index (χ1n) is 7.12. The van der Waals surface area contributed by atoms with Gasteiger partial charge in [-0.3, -0.25) is 9.59 Å². The van der Waals surface area contributed by atoms with Gasteiger partial charge in [0, 0.05) is 14.2 Å². The summed E-state index contributed by atoms with van der Waals surface area (Å²) < 4.78 is 20.3. The van der Waals surface area contributed by atoms with Crippen LogP contribution in [0, 0.1) is 23.7 Å². The molecule has 118 valence electrons. The quantitative estimate of drug-likeness (QED) is 0.420.